The lowest BCUT2D eigenvalue weighted by molar-refractivity contribution is -0.146. The minimum Gasteiger partial charge on any atom is -0.334 e. The number of allylic oxidation sites excluding steroid dienone is 1. The van der Waals surface area contributed by atoms with Crippen LogP contribution in [0.15, 0.2) is 15.7 Å². The molecule has 2 aromatic rings. The van der Waals surface area contributed by atoms with Crippen LogP contribution in [0.5, 0.6) is 0 Å². The van der Waals surface area contributed by atoms with Crippen LogP contribution < -0.4 is 5.32 Å². The second-order valence-corrected chi connectivity index (χ2v) is 7.87. The van der Waals surface area contributed by atoms with Crippen LogP contribution in [-0.2, 0) is 28.6 Å². The molecule has 0 saturated heterocycles. The molecule has 148 valence electrons. The van der Waals surface area contributed by atoms with Crippen molar-refractivity contribution in [1.29, 1.82) is 0 Å². The van der Waals surface area contributed by atoms with Crippen LogP contribution in [0.1, 0.15) is 48.4 Å². The third kappa shape index (κ3) is 3.36. The van der Waals surface area contributed by atoms with Gasteiger partial charge in [0.1, 0.15) is 11.3 Å². The van der Waals surface area contributed by atoms with Crippen LogP contribution in [0.4, 0.5) is 18.2 Å². The summed E-state index contributed by atoms with van der Waals surface area (Å²) in [6.45, 7) is 0. The minimum atomic E-state index is -4.71. The number of rotatable bonds is 4. The predicted molar refractivity (Wildman–Crippen MR) is 94.8 cm³/mol. The number of amides is 1. The summed E-state index contributed by atoms with van der Waals surface area (Å²) in [5.41, 5.74) is 2.11. The number of anilines is 1. The summed E-state index contributed by atoms with van der Waals surface area (Å²) < 4.78 is 43.6. The maximum atomic E-state index is 12.9. The summed E-state index contributed by atoms with van der Waals surface area (Å²) in [7, 11) is 0. The predicted octanol–water partition coefficient (Wildman–Crippen LogP) is 4.31. The number of aromatic nitrogens is 2. The normalized spacial score (nSPS) is 17.0. The Hall–Kier alpha value is -2.49. The zero-order chi connectivity index (χ0) is 19.9. The summed E-state index contributed by atoms with van der Waals surface area (Å²) >= 11 is 1.32. The summed E-state index contributed by atoms with van der Waals surface area (Å²) in [5, 5.41) is 6.20. The number of aryl methyl sites for hydroxylation is 1. The van der Waals surface area contributed by atoms with Crippen LogP contribution in [0, 0.1) is 0 Å². The van der Waals surface area contributed by atoms with Gasteiger partial charge in [0, 0.05) is 16.0 Å². The van der Waals surface area contributed by atoms with Crippen molar-refractivity contribution in [2.75, 3.05) is 5.32 Å². The van der Waals surface area contributed by atoms with Crippen molar-refractivity contribution < 1.29 is 27.3 Å². The van der Waals surface area contributed by atoms with Crippen molar-refractivity contribution in [3.05, 3.63) is 27.4 Å². The molecule has 10 heteroatoms. The maximum Gasteiger partial charge on any atom is 0.455 e. The van der Waals surface area contributed by atoms with Crippen molar-refractivity contribution in [3.8, 4) is 11.5 Å². The van der Waals surface area contributed by atoms with Gasteiger partial charge in [-0.15, -0.1) is 11.3 Å². The number of carbonyl (C=O) groups excluding carboxylic acids is 2. The Labute approximate surface area is 161 Å². The Balaban J connectivity index is 1.74. The fraction of sp³-hybridized carbons (Fsp3) is 0.444. The molecule has 2 heterocycles. The number of hydrogen-bond acceptors (Lipinski definition) is 6. The molecule has 2 aromatic heterocycles. The van der Waals surface area contributed by atoms with E-state index in [9.17, 15) is 22.8 Å². The van der Waals surface area contributed by atoms with Crippen LogP contribution in [-0.4, -0.2) is 22.3 Å². The lowest BCUT2D eigenvalue weighted by Crippen LogP contribution is -2.14. The summed E-state index contributed by atoms with van der Waals surface area (Å²) in [6, 6.07) is 0. The molecule has 4 rings (SSSR count). The average molecular weight is 411 g/mol. The molecule has 0 bridgehead atoms. The number of carbonyl (C=O) groups is 2. The van der Waals surface area contributed by atoms with Gasteiger partial charge in [0.05, 0.1) is 5.56 Å². The molecule has 6 nitrogen and oxygen atoms in total. The fourth-order valence-electron chi connectivity index (χ4n) is 3.66. The Bertz CT molecular complexity index is 975. The summed E-state index contributed by atoms with van der Waals surface area (Å²) in [5.74, 6) is -2.01. The number of thiophene rings is 1. The van der Waals surface area contributed by atoms with E-state index in [0.717, 1.165) is 36.1 Å². The first-order valence-electron chi connectivity index (χ1n) is 8.93. The number of halogens is 3. The molecule has 2 aliphatic rings. The van der Waals surface area contributed by atoms with E-state index in [0.29, 0.717) is 47.3 Å². The first kappa shape index (κ1) is 18.9. The van der Waals surface area contributed by atoms with Gasteiger partial charge in [-0.3, -0.25) is 9.59 Å². The Morgan fingerprint density at radius 1 is 1.14 bits per heavy atom. The van der Waals surface area contributed by atoms with Crippen molar-refractivity contribution in [2.45, 2.75) is 51.1 Å². The van der Waals surface area contributed by atoms with E-state index < -0.39 is 17.9 Å². The molecule has 1 N–H and O–H groups in total. The van der Waals surface area contributed by atoms with Crippen molar-refractivity contribution >= 4 is 28.5 Å². The molecule has 0 aliphatic heterocycles. The maximum absolute atomic E-state index is 12.9. The van der Waals surface area contributed by atoms with Gasteiger partial charge < -0.3 is 9.84 Å². The molecule has 2 aliphatic carbocycles. The molecule has 0 saturated carbocycles. The van der Waals surface area contributed by atoms with Gasteiger partial charge in [-0.25, -0.2) is 0 Å². The number of aldehydes is 1. The SMILES string of the molecule is O=CC1=C(C(=O)Nc2sc3c(c2-c2nc(C(F)(F)F)no2)CCCC3)CCC1. The molecule has 0 unspecified atom stereocenters. The van der Waals surface area contributed by atoms with E-state index in [1.165, 1.54) is 11.3 Å². The van der Waals surface area contributed by atoms with E-state index in [2.05, 4.69) is 15.5 Å². The lowest BCUT2D eigenvalue weighted by atomic mass is 9.95. The highest BCUT2D eigenvalue weighted by atomic mass is 32.1. The third-order valence-electron chi connectivity index (χ3n) is 4.97. The van der Waals surface area contributed by atoms with E-state index in [4.69, 9.17) is 4.52 Å². The van der Waals surface area contributed by atoms with Gasteiger partial charge in [0.25, 0.3) is 17.6 Å². The Morgan fingerprint density at radius 3 is 2.64 bits per heavy atom. The number of fused-ring (bicyclic) bond motifs is 1. The standard InChI is InChI=1S/C18H16F3N3O3S/c19-18(20,21)17-23-15(27-24-17)13-11-5-1-2-7-12(11)28-16(13)22-14(26)10-6-3-4-9(10)8-25/h8H,1-7H2,(H,22,26). The van der Waals surface area contributed by atoms with Crippen molar-refractivity contribution in [2.24, 2.45) is 0 Å². The lowest BCUT2D eigenvalue weighted by Gasteiger charge is -2.11. The number of hydrogen-bond donors (Lipinski definition) is 1. The quantitative estimate of drug-likeness (QED) is 0.758. The molecular weight excluding hydrogens is 395 g/mol. The topological polar surface area (TPSA) is 85.1 Å². The van der Waals surface area contributed by atoms with Gasteiger partial charge in [-0.1, -0.05) is 5.16 Å². The molecule has 1 amide bonds. The molecule has 0 radical (unpaired) electrons. The molecule has 0 spiro atoms. The van der Waals surface area contributed by atoms with Gasteiger partial charge in [-0.05, 0) is 50.5 Å². The van der Waals surface area contributed by atoms with Crippen LogP contribution in [0.25, 0.3) is 11.5 Å². The van der Waals surface area contributed by atoms with Gasteiger partial charge in [0.15, 0.2) is 0 Å². The first-order chi connectivity index (χ1) is 13.4. The second-order valence-electron chi connectivity index (χ2n) is 6.77. The molecule has 0 aromatic carbocycles. The third-order valence-corrected chi connectivity index (χ3v) is 6.18. The van der Waals surface area contributed by atoms with Gasteiger partial charge >= 0.3 is 6.18 Å². The molecule has 0 fully saturated rings. The monoisotopic (exact) mass is 411 g/mol. The molecule has 28 heavy (non-hydrogen) atoms. The van der Waals surface area contributed by atoms with Crippen LogP contribution in [0.2, 0.25) is 0 Å². The Kier molecular flexibility index (Phi) is 4.82. The van der Waals surface area contributed by atoms with E-state index >= 15 is 0 Å². The zero-order valence-electron chi connectivity index (χ0n) is 14.7. The van der Waals surface area contributed by atoms with E-state index in [-0.39, 0.29) is 5.89 Å². The number of nitrogens with one attached hydrogen (secondary N) is 1. The summed E-state index contributed by atoms with van der Waals surface area (Å²) in [4.78, 5) is 28.3. The minimum absolute atomic E-state index is 0.252. The highest BCUT2D eigenvalue weighted by molar-refractivity contribution is 7.17. The summed E-state index contributed by atoms with van der Waals surface area (Å²) in [6.07, 6.45) is 1.07. The highest BCUT2D eigenvalue weighted by Crippen LogP contribution is 2.44. The second kappa shape index (κ2) is 7.16. The van der Waals surface area contributed by atoms with Crippen molar-refractivity contribution in [3.63, 3.8) is 0 Å². The fourth-order valence-corrected chi connectivity index (χ4v) is 4.93. The van der Waals surface area contributed by atoms with Crippen LogP contribution in [0.3, 0.4) is 0 Å². The largest absolute Gasteiger partial charge is 0.455 e. The first-order valence-corrected chi connectivity index (χ1v) is 9.74. The van der Waals surface area contributed by atoms with Gasteiger partial charge in [-0.2, -0.15) is 18.2 Å². The molecular formula is C18H16F3N3O3S. The molecule has 0 atom stereocenters. The van der Waals surface area contributed by atoms with Gasteiger partial charge in [0.2, 0.25) is 0 Å². The van der Waals surface area contributed by atoms with Crippen molar-refractivity contribution in [1.82, 2.24) is 10.1 Å². The average Bonchev–Trinajstić information content (AvgIpc) is 3.37. The highest BCUT2D eigenvalue weighted by Gasteiger charge is 2.38. The van der Waals surface area contributed by atoms with Crippen LogP contribution >= 0.6 is 11.3 Å². The zero-order valence-corrected chi connectivity index (χ0v) is 15.5. The van der Waals surface area contributed by atoms with E-state index in [1.54, 1.807) is 0 Å². The number of alkyl halides is 3. The smallest absolute Gasteiger partial charge is 0.334 e. The Morgan fingerprint density at radius 2 is 1.93 bits per heavy atom. The van der Waals surface area contributed by atoms with E-state index in [1.807, 2.05) is 0 Å². The number of nitrogens with zero attached hydrogens (tertiary/aromatic N) is 2.